The molecule has 5 N–H and O–H groups in total. The Labute approximate surface area is 233 Å². The van der Waals surface area contributed by atoms with Crippen molar-refractivity contribution >= 4 is 21.6 Å². The highest BCUT2D eigenvalue weighted by atomic mass is 32.2. The summed E-state index contributed by atoms with van der Waals surface area (Å²) in [6.07, 6.45) is 3.40. The number of aryl methyl sites for hydroxylation is 1. The number of sulfonamides is 1. The standard InChI is InChI=1S/C29H33N5O5S/c1-29(2,15-16-34-19-26(30-20-34)24-13-6-7-14-25(24)28(36)32-37)31-18-27(35)21-9-8-10-22(17-21)33-40(38,39)23-11-4-3-5-12-23/h3-14,17,19-20,27,31,33,35,37H,15-16,18H2,1-2H3,(H,32,36). The number of nitrogens with zero attached hydrogens (tertiary/aromatic N) is 2. The third-order valence-corrected chi connectivity index (χ3v) is 7.93. The van der Waals surface area contributed by atoms with Crippen molar-refractivity contribution in [2.24, 2.45) is 0 Å². The number of benzene rings is 3. The van der Waals surface area contributed by atoms with Gasteiger partial charge in [0.1, 0.15) is 0 Å². The molecule has 1 heterocycles. The number of carbonyl (C=O) groups is 1. The lowest BCUT2D eigenvalue weighted by Gasteiger charge is -2.28. The molecular weight excluding hydrogens is 530 g/mol. The van der Waals surface area contributed by atoms with Gasteiger partial charge in [0.05, 0.1) is 28.6 Å². The van der Waals surface area contributed by atoms with Gasteiger partial charge in [-0.05, 0) is 56.2 Å². The molecule has 0 aliphatic heterocycles. The van der Waals surface area contributed by atoms with E-state index in [1.54, 1.807) is 78.5 Å². The van der Waals surface area contributed by atoms with Crippen LogP contribution in [0.15, 0.2) is 96.3 Å². The van der Waals surface area contributed by atoms with Gasteiger partial charge in [-0.2, -0.15) is 0 Å². The second-order valence-corrected chi connectivity index (χ2v) is 11.7. The average molecular weight is 564 g/mol. The van der Waals surface area contributed by atoms with Crippen LogP contribution in [0.25, 0.3) is 11.3 Å². The summed E-state index contributed by atoms with van der Waals surface area (Å²) in [6, 6.07) is 21.7. The quantitative estimate of drug-likeness (QED) is 0.130. The van der Waals surface area contributed by atoms with Gasteiger partial charge in [0.25, 0.3) is 15.9 Å². The molecule has 1 aromatic heterocycles. The Morgan fingerprint density at radius 2 is 1.75 bits per heavy atom. The predicted molar refractivity (Wildman–Crippen MR) is 152 cm³/mol. The Kier molecular flexibility index (Phi) is 9.00. The van der Waals surface area contributed by atoms with Crippen LogP contribution in [0, 0.1) is 0 Å². The summed E-state index contributed by atoms with van der Waals surface area (Å²) in [4.78, 5) is 16.6. The van der Waals surface area contributed by atoms with Crippen molar-refractivity contribution in [2.75, 3.05) is 11.3 Å². The molecule has 0 aliphatic rings. The second kappa shape index (κ2) is 12.4. The smallest absolute Gasteiger partial charge is 0.275 e. The first-order chi connectivity index (χ1) is 19.1. The molecule has 4 rings (SSSR count). The van der Waals surface area contributed by atoms with Gasteiger partial charge >= 0.3 is 0 Å². The van der Waals surface area contributed by atoms with Crippen LogP contribution < -0.4 is 15.5 Å². The Morgan fingerprint density at radius 1 is 1.02 bits per heavy atom. The van der Waals surface area contributed by atoms with Gasteiger partial charge in [-0.25, -0.2) is 18.9 Å². The number of aliphatic hydroxyl groups is 1. The van der Waals surface area contributed by atoms with Crippen molar-refractivity contribution in [3.8, 4) is 11.3 Å². The van der Waals surface area contributed by atoms with E-state index in [4.69, 9.17) is 5.21 Å². The zero-order valence-corrected chi connectivity index (χ0v) is 23.1. The Hall–Kier alpha value is -4.03. The minimum absolute atomic E-state index is 0.161. The Balaban J connectivity index is 1.34. The Bertz CT molecular complexity index is 1550. The van der Waals surface area contributed by atoms with E-state index >= 15 is 0 Å². The summed E-state index contributed by atoms with van der Waals surface area (Å²) in [6.45, 7) is 4.96. The number of amides is 1. The molecule has 4 aromatic rings. The molecule has 40 heavy (non-hydrogen) atoms. The van der Waals surface area contributed by atoms with Gasteiger partial charge in [-0.1, -0.05) is 48.5 Å². The van der Waals surface area contributed by atoms with Gasteiger partial charge in [0, 0.05) is 36.1 Å². The first kappa shape index (κ1) is 29.0. The van der Waals surface area contributed by atoms with E-state index < -0.39 is 22.0 Å². The fraction of sp³-hybridized carbons (Fsp3) is 0.241. The van der Waals surface area contributed by atoms with E-state index in [-0.39, 0.29) is 17.0 Å². The van der Waals surface area contributed by atoms with Crippen LogP contribution in [-0.4, -0.2) is 46.3 Å². The van der Waals surface area contributed by atoms with Crippen molar-refractivity contribution in [1.82, 2.24) is 20.3 Å². The van der Waals surface area contributed by atoms with E-state index in [2.05, 4.69) is 15.0 Å². The van der Waals surface area contributed by atoms with Gasteiger partial charge < -0.3 is 15.0 Å². The Morgan fingerprint density at radius 3 is 2.50 bits per heavy atom. The third kappa shape index (κ3) is 7.33. The van der Waals surface area contributed by atoms with Crippen molar-refractivity contribution in [1.29, 1.82) is 0 Å². The van der Waals surface area contributed by atoms with Gasteiger partial charge in [-0.15, -0.1) is 0 Å². The minimum atomic E-state index is -3.73. The van der Waals surface area contributed by atoms with Crippen LogP contribution in [-0.2, 0) is 16.6 Å². The van der Waals surface area contributed by atoms with E-state index in [1.807, 2.05) is 24.6 Å². The summed E-state index contributed by atoms with van der Waals surface area (Å²) >= 11 is 0. The van der Waals surface area contributed by atoms with E-state index in [0.717, 1.165) is 0 Å². The monoisotopic (exact) mass is 563 g/mol. The molecule has 210 valence electrons. The number of anilines is 1. The van der Waals surface area contributed by atoms with E-state index in [0.29, 0.717) is 41.0 Å². The molecule has 1 atom stereocenters. The lowest BCUT2D eigenvalue weighted by Crippen LogP contribution is -2.42. The zero-order chi connectivity index (χ0) is 28.8. The van der Waals surface area contributed by atoms with Crippen LogP contribution >= 0.6 is 0 Å². The molecule has 0 aliphatic carbocycles. The summed E-state index contributed by atoms with van der Waals surface area (Å²) in [5.74, 6) is -0.604. The maximum atomic E-state index is 12.7. The number of aliphatic hydroxyl groups excluding tert-OH is 1. The molecule has 1 amide bonds. The van der Waals surface area contributed by atoms with Crippen LogP contribution in [0.3, 0.4) is 0 Å². The first-order valence-electron chi connectivity index (χ1n) is 12.7. The number of β-amino-alcohol motifs (C(OH)–C–C–N with tert-alkyl or cyclic N) is 1. The highest BCUT2D eigenvalue weighted by molar-refractivity contribution is 7.92. The molecule has 0 bridgehead atoms. The fourth-order valence-electron chi connectivity index (χ4n) is 4.20. The maximum Gasteiger partial charge on any atom is 0.275 e. The normalized spacial score (nSPS) is 12.6. The van der Waals surface area contributed by atoms with Crippen LogP contribution in [0.1, 0.15) is 42.3 Å². The van der Waals surface area contributed by atoms with E-state index in [1.165, 1.54) is 12.1 Å². The molecule has 3 aromatic carbocycles. The summed E-state index contributed by atoms with van der Waals surface area (Å²) < 4.78 is 29.8. The van der Waals surface area contributed by atoms with Crippen molar-refractivity contribution in [3.63, 3.8) is 0 Å². The van der Waals surface area contributed by atoms with Gasteiger partial charge in [-0.3, -0.25) is 14.7 Å². The highest BCUT2D eigenvalue weighted by Crippen LogP contribution is 2.24. The lowest BCUT2D eigenvalue weighted by atomic mass is 9.99. The molecule has 11 heteroatoms. The molecule has 0 spiro atoms. The number of hydrogen-bond donors (Lipinski definition) is 5. The number of aromatic nitrogens is 2. The van der Waals surface area contributed by atoms with Crippen molar-refractivity contribution in [3.05, 3.63) is 103 Å². The predicted octanol–water partition coefficient (Wildman–Crippen LogP) is 3.96. The number of nitrogens with one attached hydrogen (secondary N) is 3. The second-order valence-electron chi connectivity index (χ2n) is 10.1. The average Bonchev–Trinajstić information content (AvgIpc) is 3.44. The molecule has 10 nitrogen and oxygen atoms in total. The maximum absolute atomic E-state index is 12.7. The lowest BCUT2D eigenvalue weighted by molar-refractivity contribution is 0.0707. The molecule has 0 saturated heterocycles. The SMILES string of the molecule is CC(C)(CCn1cnc(-c2ccccc2C(=O)NO)c1)NCC(O)c1cccc(NS(=O)(=O)c2ccccc2)c1. The van der Waals surface area contributed by atoms with E-state index in [9.17, 15) is 18.3 Å². The van der Waals surface area contributed by atoms with Crippen LogP contribution in [0.5, 0.6) is 0 Å². The van der Waals surface area contributed by atoms with Gasteiger partial charge in [0.15, 0.2) is 0 Å². The summed E-state index contributed by atoms with van der Waals surface area (Å²) in [5.41, 5.74) is 3.83. The number of carbonyl (C=O) groups excluding carboxylic acids is 1. The number of imidazole rings is 1. The highest BCUT2D eigenvalue weighted by Gasteiger charge is 2.21. The number of hydroxylamine groups is 1. The molecule has 0 radical (unpaired) electrons. The van der Waals surface area contributed by atoms with Gasteiger partial charge in [0.2, 0.25) is 0 Å². The first-order valence-corrected chi connectivity index (χ1v) is 14.2. The molecule has 0 fully saturated rings. The minimum Gasteiger partial charge on any atom is -0.387 e. The largest absolute Gasteiger partial charge is 0.387 e. The molecule has 0 saturated carbocycles. The van der Waals surface area contributed by atoms with Crippen LogP contribution in [0.4, 0.5) is 5.69 Å². The molecule has 1 unspecified atom stereocenters. The summed E-state index contributed by atoms with van der Waals surface area (Å²) in [5, 5.41) is 23.2. The third-order valence-electron chi connectivity index (χ3n) is 6.53. The fourth-order valence-corrected chi connectivity index (χ4v) is 5.27. The number of hydrogen-bond acceptors (Lipinski definition) is 7. The van der Waals surface area contributed by atoms with Crippen LogP contribution in [0.2, 0.25) is 0 Å². The summed E-state index contributed by atoms with van der Waals surface area (Å²) in [7, 11) is -3.73. The zero-order valence-electron chi connectivity index (χ0n) is 22.3. The van der Waals surface area contributed by atoms with Crippen molar-refractivity contribution < 1.29 is 23.5 Å². The number of rotatable bonds is 12. The van der Waals surface area contributed by atoms with Crippen molar-refractivity contribution in [2.45, 2.75) is 43.4 Å². The topological polar surface area (TPSA) is 146 Å². The molecular formula is C29H33N5O5S.